The van der Waals surface area contributed by atoms with Gasteiger partial charge in [0.1, 0.15) is 18.1 Å². The van der Waals surface area contributed by atoms with Crippen LogP contribution in [0.4, 0.5) is 5.69 Å². The highest BCUT2D eigenvalue weighted by Gasteiger charge is 2.12. The van der Waals surface area contributed by atoms with Gasteiger partial charge in [0.15, 0.2) is 0 Å². The third-order valence-electron chi connectivity index (χ3n) is 4.33. The van der Waals surface area contributed by atoms with Gasteiger partial charge in [-0.15, -0.1) is 0 Å². The van der Waals surface area contributed by atoms with Crippen LogP contribution in [0.25, 0.3) is 0 Å². The van der Waals surface area contributed by atoms with E-state index in [2.05, 4.69) is 62.3 Å². The minimum absolute atomic E-state index is 0.484. The zero-order valence-corrected chi connectivity index (χ0v) is 17.3. The van der Waals surface area contributed by atoms with E-state index in [9.17, 15) is 0 Å². The molecule has 3 nitrogen and oxygen atoms in total. The van der Waals surface area contributed by atoms with Crippen molar-refractivity contribution in [3.05, 3.63) is 77.9 Å². The van der Waals surface area contributed by atoms with Gasteiger partial charge < -0.3 is 14.4 Å². The van der Waals surface area contributed by atoms with Gasteiger partial charge >= 0.3 is 0 Å². The molecule has 0 saturated carbocycles. The fourth-order valence-electron chi connectivity index (χ4n) is 2.86. The van der Waals surface area contributed by atoms with E-state index in [4.69, 9.17) is 9.47 Å². The standard InChI is InChI=1S/C23H26NO2P/c1-17-10-13-22(20(14-17)24(2)3)27-23-15-19(25-4)11-12-21(23)26-16-18-8-6-5-7-9-18/h5-15,27H,16H2,1-4H3. The lowest BCUT2D eigenvalue weighted by atomic mass is 10.2. The van der Waals surface area contributed by atoms with Crippen LogP contribution >= 0.6 is 8.58 Å². The maximum absolute atomic E-state index is 6.16. The number of hydrogen-bond acceptors (Lipinski definition) is 3. The molecule has 4 heteroatoms. The maximum atomic E-state index is 6.16. The summed E-state index contributed by atoms with van der Waals surface area (Å²) in [4.78, 5) is 2.17. The van der Waals surface area contributed by atoms with Crippen LogP contribution in [-0.4, -0.2) is 21.2 Å². The molecule has 3 aromatic carbocycles. The Morgan fingerprint density at radius 3 is 2.37 bits per heavy atom. The summed E-state index contributed by atoms with van der Waals surface area (Å²) in [6.45, 7) is 2.68. The van der Waals surface area contributed by atoms with Gasteiger partial charge in [0, 0.05) is 30.4 Å². The highest BCUT2D eigenvalue weighted by atomic mass is 31.1. The zero-order chi connectivity index (χ0) is 19.2. The van der Waals surface area contributed by atoms with Gasteiger partial charge in [-0.25, -0.2) is 0 Å². The van der Waals surface area contributed by atoms with Crippen LogP contribution in [-0.2, 0) is 6.61 Å². The Hall–Kier alpha value is -2.51. The van der Waals surface area contributed by atoms with E-state index >= 15 is 0 Å². The van der Waals surface area contributed by atoms with Crippen LogP contribution in [0.3, 0.4) is 0 Å². The predicted octanol–water partition coefficient (Wildman–Crippen LogP) is 4.28. The summed E-state index contributed by atoms with van der Waals surface area (Å²) in [6, 6.07) is 22.9. The van der Waals surface area contributed by atoms with Gasteiger partial charge in [0.25, 0.3) is 0 Å². The molecular formula is C23H26NO2P. The van der Waals surface area contributed by atoms with E-state index in [-0.39, 0.29) is 0 Å². The SMILES string of the molecule is COc1ccc(OCc2ccccc2)c(Pc2ccc(C)cc2N(C)C)c1. The molecule has 0 radical (unpaired) electrons. The maximum Gasteiger partial charge on any atom is 0.127 e. The molecule has 0 aromatic heterocycles. The van der Waals surface area contributed by atoms with Crippen LogP contribution < -0.4 is 25.0 Å². The first-order valence-corrected chi connectivity index (χ1v) is 9.96. The third kappa shape index (κ3) is 5.02. The first-order valence-electron chi connectivity index (χ1n) is 8.96. The fourth-order valence-corrected chi connectivity index (χ4v) is 4.23. The minimum Gasteiger partial charge on any atom is -0.497 e. The second-order valence-corrected chi connectivity index (χ2v) is 8.00. The first kappa shape index (κ1) is 19.3. The molecule has 140 valence electrons. The Balaban J connectivity index is 1.89. The van der Waals surface area contributed by atoms with Gasteiger partial charge in [0.2, 0.25) is 0 Å². The molecule has 27 heavy (non-hydrogen) atoms. The Morgan fingerprint density at radius 1 is 0.889 bits per heavy atom. The van der Waals surface area contributed by atoms with Crippen molar-refractivity contribution in [1.82, 2.24) is 0 Å². The summed E-state index contributed by atoms with van der Waals surface area (Å²) in [5.41, 5.74) is 3.66. The van der Waals surface area contributed by atoms with E-state index in [1.165, 1.54) is 16.6 Å². The van der Waals surface area contributed by atoms with Crippen LogP contribution in [0.2, 0.25) is 0 Å². The molecule has 0 heterocycles. The van der Waals surface area contributed by atoms with E-state index in [1.807, 2.05) is 30.3 Å². The summed E-state index contributed by atoms with van der Waals surface area (Å²) in [7, 11) is 6.35. The molecule has 0 fully saturated rings. The van der Waals surface area contributed by atoms with Crippen molar-refractivity contribution in [3.8, 4) is 11.5 Å². The number of ether oxygens (including phenoxy) is 2. The molecule has 3 rings (SSSR count). The van der Waals surface area contributed by atoms with E-state index in [0.717, 1.165) is 22.4 Å². The summed E-state index contributed by atoms with van der Waals surface area (Å²) < 4.78 is 11.6. The molecule has 0 amide bonds. The number of methoxy groups -OCH3 is 1. The Bertz CT molecular complexity index is 894. The molecule has 1 atom stereocenters. The highest BCUT2D eigenvalue weighted by molar-refractivity contribution is 7.56. The number of benzene rings is 3. The van der Waals surface area contributed by atoms with Gasteiger partial charge in [0.05, 0.1) is 7.11 Å². The van der Waals surface area contributed by atoms with Gasteiger partial charge in [-0.3, -0.25) is 0 Å². The van der Waals surface area contributed by atoms with Crippen molar-refractivity contribution in [2.45, 2.75) is 13.5 Å². The normalized spacial score (nSPS) is 11.0. The quantitative estimate of drug-likeness (QED) is 0.572. The average Bonchev–Trinajstić information content (AvgIpc) is 2.69. The summed E-state index contributed by atoms with van der Waals surface area (Å²) in [5.74, 6) is 1.76. The lowest BCUT2D eigenvalue weighted by Crippen LogP contribution is -2.18. The molecule has 0 N–H and O–H groups in total. The van der Waals surface area contributed by atoms with E-state index in [0.29, 0.717) is 15.2 Å². The van der Waals surface area contributed by atoms with E-state index in [1.54, 1.807) is 7.11 Å². The average molecular weight is 379 g/mol. The second kappa shape index (κ2) is 8.92. The lowest BCUT2D eigenvalue weighted by Gasteiger charge is -2.20. The summed E-state index contributed by atoms with van der Waals surface area (Å²) >= 11 is 0. The molecule has 0 spiro atoms. The zero-order valence-electron chi connectivity index (χ0n) is 16.3. The van der Waals surface area contributed by atoms with Crippen LogP contribution in [0, 0.1) is 6.92 Å². The Morgan fingerprint density at radius 2 is 1.67 bits per heavy atom. The van der Waals surface area contributed by atoms with Crippen LogP contribution in [0.1, 0.15) is 11.1 Å². The van der Waals surface area contributed by atoms with Crippen molar-refractivity contribution in [1.29, 1.82) is 0 Å². The van der Waals surface area contributed by atoms with Gasteiger partial charge in [-0.2, -0.15) is 0 Å². The molecule has 0 bridgehead atoms. The Kier molecular flexibility index (Phi) is 6.36. The second-order valence-electron chi connectivity index (χ2n) is 6.68. The van der Waals surface area contributed by atoms with Crippen molar-refractivity contribution in [2.75, 3.05) is 26.1 Å². The van der Waals surface area contributed by atoms with Crippen LogP contribution in [0.5, 0.6) is 11.5 Å². The van der Waals surface area contributed by atoms with Crippen molar-refractivity contribution >= 4 is 24.9 Å². The number of rotatable bonds is 7. The smallest absolute Gasteiger partial charge is 0.127 e. The largest absolute Gasteiger partial charge is 0.497 e. The summed E-state index contributed by atoms with van der Waals surface area (Å²) in [5, 5.41) is 2.45. The Labute approximate surface area is 163 Å². The number of hydrogen-bond donors (Lipinski definition) is 0. The van der Waals surface area contributed by atoms with E-state index < -0.39 is 0 Å². The number of aryl methyl sites for hydroxylation is 1. The number of anilines is 1. The molecule has 3 aromatic rings. The molecular weight excluding hydrogens is 353 g/mol. The van der Waals surface area contributed by atoms with Crippen molar-refractivity contribution in [3.63, 3.8) is 0 Å². The highest BCUT2D eigenvalue weighted by Crippen LogP contribution is 2.28. The molecule has 0 aliphatic rings. The lowest BCUT2D eigenvalue weighted by molar-refractivity contribution is 0.308. The topological polar surface area (TPSA) is 21.7 Å². The van der Waals surface area contributed by atoms with Crippen molar-refractivity contribution < 1.29 is 9.47 Å². The number of nitrogens with zero attached hydrogens (tertiary/aromatic N) is 1. The molecule has 0 saturated heterocycles. The minimum atomic E-state index is 0.484. The fraction of sp³-hybridized carbons (Fsp3) is 0.217. The van der Waals surface area contributed by atoms with Gasteiger partial charge in [-0.05, 0) is 42.3 Å². The third-order valence-corrected chi connectivity index (χ3v) is 5.68. The molecule has 0 aliphatic heterocycles. The molecule has 0 aliphatic carbocycles. The molecule has 1 unspecified atom stereocenters. The monoisotopic (exact) mass is 379 g/mol. The predicted molar refractivity (Wildman–Crippen MR) is 117 cm³/mol. The van der Waals surface area contributed by atoms with Crippen molar-refractivity contribution in [2.24, 2.45) is 0 Å². The van der Waals surface area contributed by atoms with Gasteiger partial charge in [-0.1, -0.05) is 51.0 Å². The van der Waals surface area contributed by atoms with Crippen LogP contribution in [0.15, 0.2) is 66.7 Å². The summed E-state index contributed by atoms with van der Waals surface area (Å²) in [6.07, 6.45) is 0. The first-order chi connectivity index (χ1) is 13.1.